The summed E-state index contributed by atoms with van der Waals surface area (Å²) in [6, 6.07) is 2.61. The Morgan fingerprint density at radius 1 is 1.38 bits per heavy atom. The number of hydrogen-bond donors (Lipinski definition) is 2. The first kappa shape index (κ1) is 22.1. The molecular weight excluding hydrogens is 434 g/mol. The number of halogens is 4. The summed E-state index contributed by atoms with van der Waals surface area (Å²) in [4.78, 5) is 22.0. The molecule has 2 aromatic rings. The van der Waals surface area contributed by atoms with Gasteiger partial charge in [-0.1, -0.05) is 0 Å². The molecule has 1 aromatic carbocycles. The number of carbonyl (C=O) groups excluding carboxylic acids is 1. The quantitative estimate of drug-likeness (QED) is 0.646. The van der Waals surface area contributed by atoms with Crippen LogP contribution in [0.5, 0.6) is 5.75 Å². The molecule has 0 aliphatic carbocycles. The molecule has 2 atom stereocenters. The number of rotatable bonds is 6. The smallest absolute Gasteiger partial charge is 0.421 e. The molecule has 0 saturated carbocycles. The summed E-state index contributed by atoms with van der Waals surface area (Å²) < 4.78 is 65.2. The molecule has 2 aliphatic heterocycles. The van der Waals surface area contributed by atoms with Gasteiger partial charge in [0.15, 0.2) is 11.6 Å². The second-order valence-electron chi connectivity index (χ2n) is 7.42. The van der Waals surface area contributed by atoms with Gasteiger partial charge in [0, 0.05) is 19.3 Å². The number of aromatic nitrogens is 2. The van der Waals surface area contributed by atoms with Crippen LogP contribution in [0.1, 0.15) is 29.3 Å². The molecule has 8 nitrogen and oxygen atoms in total. The second kappa shape index (κ2) is 8.41. The average molecular weight is 455 g/mol. The van der Waals surface area contributed by atoms with Crippen LogP contribution in [0.4, 0.5) is 35.0 Å². The zero-order valence-corrected chi connectivity index (χ0v) is 17.3. The normalized spacial score (nSPS) is 19.9. The van der Waals surface area contributed by atoms with E-state index >= 15 is 4.39 Å². The number of anilines is 3. The maximum atomic E-state index is 15.2. The standard InChI is InChI=1S/C20H21F4N5O3/c1-3-25-17-13(20(22,23)24)7-26-19(28-17)27-14-5-4-12(15(21)16(14)31-2)18(30)29-8-11-6-10(29)9-32-11/h4-5,7,10-11H,3,6,8-9H2,1-2H3,(H2,25,26,27,28)/t10-,11-/m0/s1. The molecule has 2 aliphatic rings. The zero-order chi connectivity index (χ0) is 23.0. The average Bonchev–Trinajstić information content (AvgIpc) is 3.37. The fraction of sp³-hybridized carbons (Fsp3) is 0.450. The lowest BCUT2D eigenvalue weighted by Gasteiger charge is -2.27. The van der Waals surface area contributed by atoms with Crippen molar-refractivity contribution in [1.29, 1.82) is 0 Å². The lowest BCUT2D eigenvalue weighted by Crippen LogP contribution is -2.41. The zero-order valence-electron chi connectivity index (χ0n) is 17.3. The lowest BCUT2D eigenvalue weighted by molar-refractivity contribution is -0.137. The summed E-state index contributed by atoms with van der Waals surface area (Å²) in [6.45, 7) is 2.66. The Kier molecular flexibility index (Phi) is 5.80. The van der Waals surface area contributed by atoms with Crippen LogP contribution in [-0.2, 0) is 10.9 Å². The second-order valence-corrected chi connectivity index (χ2v) is 7.42. The van der Waals surface area contributed by atoms with Crippen molar-refractivity contribution < 1.29 is 31.8 Å². The molecule has 2 saturated heterocycles. The van der Waals surface area contributed by atoms with Crippen LogP contribution in [0.2, 0.25) is 0 Å². The van der Waals surface area contributed by atoms with Gasteiger partial charge in [-0.2, -0.15) is 18.2 Å². The summed E-state index contributed by atoms with van der Waals surface area (Å²) in [5, 5.41) is 5.21. The number of likely N-dealkylation sites (tertiary alicyclic amines) is 1. The predicted octanol–water partition coefficient (Wildman–Crippen LogP) is 3.43. The number of benzene rings is 1. The van der Waals surface area contributed by atoms with Crippen molar-refractivity contribution in [2.45, 2.75) is 31.7 Å². The van der Waals surface area contributed by atoms with E-state index in [2.05, 4.69) is 20.6 Å². The fourth-order valence-electron chi connectivity index (χ4n) is 3.89. The van der Waals surface area contributed by atoms with Gasteiger partial charge in [-0.15, -0.1) is 0 Å². The molecule has 172 valence electrons. The molecule has 2 fully saturated rings. The van der Waals surface area contributed by atoms with Crippen LogP contribution in [0, 0.1) is 5.82 Å². The number of methoxy groups -OCH3 is 1. The van der Waals surface area contributed by atoms with Crippen molar-refractivity contribution in [3.05, 3.63) is 35.3 Å². The number of hydrogen-bond acceptors (Lipinski definition) is 7. The molecule has 12 heteroatoms. The first-order valence-electron chi connectivity index (χ1n) is 9.97. The van der Waals surface area contributed by atoms with Gasteiger partial charge in [0.05, 0.1) is 37.1 Å². The van der Waals surface area contributed by atoms with E-state index in [1.165, 1.54) is 19.2 Å². The van der Waals surface area contributed by atoms with E-state index < -0.39 is 29.3 Å². The van der Waals surface area contributed by atoms with E-state index in [9.17, 15) is 18.0 Å². The number of carbonyl (C=O) groups is 1. The van der Waals surface area contributed by atoms with Gasteiger partial charge in [-0.25, -0.2) is 9.37 Å². The molecule has 0 spiro atoms. The van der Waals surface area contributed by atoms with Crippen molar-refractivity contribution in [2.75, 3.05) is 37.4 Å². The monoisotopic (exact) mass is 455 g/mol. The van der Waals surface area contributed by atoms with Crippen molar-refractivity contribution >= 4 is 23.4 Å². The third-order valence-corrected chi connectivity index (χ3v) is 5.38. The van der Waals surface area contributed by atoms with Gasteiger partial charge in [0.25, 0.3) is 5.91 Å². The summed E-state index contributed by atoms with van der Waals surface area (Å²) in [6.07, 6.45) is -3.30. The molecule has 32 heavy (non-hydrogen) atoms. The molecule has 0 unspecified atom stereocenters. The van der Waals surface area contributed by atoms with Gasteiger partial charge < -0.3 is 25.0 Å². The van der Waals surface area contributed by atoms with Crippen molar-refractivity contribution in [2.24, 2.45) is 0 Å². The first-order valence-corrected chi connectivity index (χ1v) is 9.97. The largest absolute Gasteiger partial charge is 0.492 e. The van der Waals surface area contributed by atoms with Gasteiger partial charge in [-0.05, 0) is 25.5 Å². The SMILES string of the molecule is CCNc1nc(Nc2ccc(C(=O)N3C[C@@H]4C[C@H]3CO4)c(F)c2OC)ncc1C(F)(F)F. The minimum atomic E-state index is -4.64. The van der Waals surface area contributed by atoms with Crippen LogP contribution in [-0.4, -0.2) is 59.7 Å². The Balaban J connectivity index is 1.61. The third-order valence-electron chi connectivity index (χ3n) is 5.38. The Labute approximate surface area is 180 Å². The first-order chi connectivity index (χ1) is 15.2. The minimum absolute atomic E-state index is 0.0300. The van der Waals surface area contributed by atoms with Crippen LogP contribution in [0.25, 0.3) is 0 Å². The summed E-state index contributed by atoms with van der Waals surface area (Å²) >= 11 is 0. The highest BCUT2D eigenvalue weighted by molar-refractivity contribution is 5.96. The molecule has 1 aromatic heterocycles. The lowest BCUT2D eigenvalue weighted by atomic mass is 10.1. The Hall–Kier alpha value is -3.15. The maximum absolute atomic E-state index is 15.2. The van der Waals surface area contributed by atoms with E-state index in [1.807, 2.05) is 0 Å². The number of alkyl halides is 3. The van der Waals surface area contributed by atoms with E-state index in [1.54, 1.807) is 11.8 Å². The van der Waals surface area contributed by atoms with E-state index in [0.29, 0.717) is 19.3 Å². The van der Waals surface area contributed by atoms with E-state index in [0.717, 1.165) is 6.42 Å². The predicted molar refractivity (Wildman–Crippen MR) is 107 cm³/mol. The Morgan fingerprint density at radius 3 is 2.75 bits per heavy atom. The molecule has 3 heterocycles. The minimum Gasteiger partial charge on any atom is -0.492 e. The van der Waals surface area contributed by atoms with Crippen LogP contribution in [0.3, 0.4) is 0 Å². The van der Waals surface area contributed by atoms with Crippen LogP contribution in [0.15, 0.2) is 18.3 Å². The van der Waals surface area contributed by atoms with Crippen LogP contribution >= 0.6 is 0 Å². The van der Waals surface area contributed by atoms with E-state index in [-0.39, 0.29) is 41.6 Å². The number of morpholine rings is 1. The topological polar surface area (TPSA) is 88.6 Å². The maximum Gasteiger partial charge on any atom is 0.421 e. The Bertz CT molecular complexity index is 1030. The summed E-state index contributed by atoms with van der Waals surface area (Å²) in [5.41, 5.74) is -1.12. The molecule has 0 radical (unpaired) electrons. The van der Waals surface area contributed by atoms with Gasteiger partial charge in [-0.3, -0.25) is 4.79 Å². The number of ether oxygens (including phenoxy) is 2. The Morgan fingerprint density at radius 2 is 2.16 bits per heavy atom. The van der Waals surface area contributed by atoms with Crippen molar-refractivity contribution in [3.63, 3.8) is 0 Å². The molecule has 4 rings (SSSR count). The molecule has 1 amide bonds. The fourth-order valence-corrected chi connectivity index (χ4v) is 3.89. The van der Waals surface area contributed by atoms with Gasteiger partial charge in [0.2, 0.25) is 5.95 Å². The summed E-state index contributed by atoms with van der Waals surface area (Å²) in [7, 11) is 1.22. The number of nitrogens with zero attached hydrogens (tertiary/aromatic N) is 3. The number of fused-ring (bicyclic) bond motifs is 2. The molecular formula is C20H21F4N5O3. The molecule has 2 bridgehead atoms. The van der Waals surface area contributed by atoms with Crippen LogP contribution < -0.4 is 15.4 Å². The number of nitrogens with one attached hydrogen (secondary N) is 2. The van der Waals surface area contributed by atoms with Gasteiger partial charge >= 0.3 is 6.18 Å². The van der Waals surface area contributed by atoms with Crippen molar-refractivity contribution in [3.8, 4) is 5.75 Å². The van der Waals surface area contributed by atoms with Gasteiger partial charge in [0.1, 0.15) is 11.4 Å². The molecule has 2 N–H and O–H groups in total. The van der Waals surface area contributed by atoms with Crippen molar-refractivity contribution in [1.82, 2.24) is 14.9 Å². The van der Waals surface area contributed by atoms with E-state index in [4.69, 9.17) is 9.47 Å². The summed E-state index contributed by atoms with van der Waals surface area (Å²) in [5.74, 6) is -2.23. The highest BCUT2D eigenvalue weighted by Crippen LogP contribution is 2.37. The highest BCUT2D eigenvalue weighted by Gasteiger charge is 2.42. The number of amides is 1. The third kappa shape index (κ3) is 4.01. The highest BCUT2D eigenvalue weighted by atomic mass is 19.4.